The monoisotopic (exact) mass is 407 g/mol. The molecule has 7 heteroatoms. The van der Waals surface area contributed by atoms with Gasteiger partial charge in [-0.1, -0.05) is 38.0 Å². The van der Waals surface area contributed by atoms with Crippen molar-refractivity contribution in [3.05, 3.63) is 51.6 Å². The van der Waals surface area contributed by atoms with E-state index in [1.807, 2.05) is 23.7 Å². The molecule has 3 aromatic rings. The first-order valence-corrected chi connectivity index (χ1v) is 11.4. The molecule has 0 amide bonds. The van der Waals surface area contributed by atoms with Gasteiger partial charge in [0, 0.05) is 5.92 Å². The van der Waals surface area contributed by atoms with Crippen LogP contribution >= 0.6 is 0 Å². The SMILES string of the molecule is Cc1cccc2cc([C@@H](c3nnnn3C3CCCC3)[NH+]3CCC[C@H](C)C3)c(=O)[nH]c12. The van der Waals surface area contributed by atoms with E-state index in [2.05, 4.69) is 39.6 Å². The van der Waals surface area contributed by atoms with Gasteiger partial charge >= 0.3 is 0 Å². The third-order valence-corrected chi connectivity index (χ3v) is 7.09. The molecule has 158 valence electrons. The maximum atomic E-state index is 13.3. The van der Waals surface area contributed by atoms with Gasteiger partial charge in [-0.3, -0.25) is 4.79 Å². The molecule has 2 N–H and O–H groups in total. The van der Waals surface area contributed by atoms with Crippen LogP contribution in [0.25, 0.3) is 10.9 Å². The van der Waals surface area contributed by atoms with E-state index in [-0.39, 0.29) is 11.6 Å². The van der Waals surface area contributed by atoms with Crippen LogP contribution in [0.1, 0.15) is 74.5 Å². The molecule has 0 bridgehead atoms. The Morgan fingerprint density at radius 2 is 2.03 bits per heavy atom. The molecule has 30 heavy (non-hydrogen) atoms. The van der Waals surface area contributed by atoms with Crippen LogP contribution in [0.15, 0.2) is 29.1 Å². The van der Waals surface area contributed by atoms with Crippen molar-refractivity contribution >= 4 is 10.9 Å². The topological polar surface area (TPSA) is 80.9 Å². The van der Waals surface area contributed by atoms with Crippen molar-refractivity contribution in [2.75, 3.05) is 13.1 Å². The Morgan fingerprint density at radius 3 is 2.83 bits per heavy atom. The molecule has 1 aliphatic carbocycles. The number of hydrogen-bond acceptors (Lipinski definition) is 4. The molecule has 2 fully saturated rings. The number of piperidine rings is 1. The van der Waals surface area contributed by atoms with E-state index in [4.69, 9.17) is 0 Å². The van der Waals surface area contributed by atoms with Crippen molar-refractivity contribution in [3.8, 4) is 0 Å². The number of fused-ring (bicyclic) bond motifs is 1. The second-order valence-corrected chi connectivity index (χ2v) is 9.31. The van der Waals surface area contributed by atoms with E-state index < -0.39 is 0 Å². The summed E-state index contributed by atoms with van der Waals surface area (Å²) in [6.45, 7) is 6.42. The summed E-state index contributed by atoms with van der Waals surface area (Å²) >= 11 is 0. The normalized spacial score (nSPS) is 23.8. The van der Waals surface area contributed by atoms with Crippen LogP contribution in [0.4, 0.5) is 0 Å². The summed E-state index contributed by atoms with van der Waals surface area (Å²) in [7, 11) is 0. The minimum Gasteiger partial charge on any atom is -0.322 e. The third kappa shape index (κ3) is 3.45. The second-order valence-electron chi connectivity index (χ2n) is 9.31. The first kappa shape index (κ1) is 19.4. The minimum atomic E-state index is -0.142. The predicted molar refractivity (Wildman–Crippen MR) is 116 cm³/mol. The smallest absolute Gasteiger partial charge is 0.258 e. The number of nitrogens with one attached hydrogen (secondary N) is 2. The number of aromatic amines is 1. The molecule has 3 atom stereocenters. The number of tetrazole rings is 1. The van der Waals surface area contributed by atoms with Gasteiger partial charge in [0.05, 0.1) is 30.2 Å². The van der Waals surface area contributed by atoms with Crippen molar-refractivity contribution < 1.29 is 4.90 Å². The molecule has 3 heterocycles. The van der Waals surface area contributed by atoms with Gasteiger partial charge in [0.1, 0.15) is 0 Å². The quantitative estimate of drug-likeness (QED) is 0.696. The largest absolute Gasteiger partial charge is 0.322 e. The Morgan fingerprint density at radius 1 is 1.20 bits per heavy atom. The van der Waals surface area contributed by atoms with Crippen molar-refractivity contribution in [1.29, 1.82) is 0 Å². The number of aryl methyl sites for hydroxylation is 1. The van der Waals surface area contributed by atoms with Crippen LogP contribution in [0, 0.1) is 12.8 Å². The van der Waals surface area contributed by atoms with Crippen molar-refractivity contribution in [2.45, 2.75) is 64.5 Å². The number of aromatic nitrogens is 5. The highest BCUT2D eigenvalue weighted by atomic mass is 16.1. The van der Waals surface area contributed by atoms with E-state index in [9.17, 15) is 4.79 Å². The van der Waals surface area contributed by atoms with Crippen molar-refractivity contribution in [3.63, 3.8) is 0 Å². The lowest BCUT2D eigenvalue weighted by Crippen LogP contribution is -3.14. The zero-order valence-electron chi connectivity index (χ0n) is 17.9. The van der Waals surface area contributed by atoms with Gasteiger partial charge in [0.15, 0.2) is 6.04 Å². The van der Waals surface area contributed by atoms with Gasteiger partial charge in [-0.05, 0) is 60.0 Å². The van der Waals surface area contributed by atoms with Gasteiger partial charge in [-0.25, -0.2) is 4.68 Å². The number of nitrogens with zero attached hydrogens (tertiary/aromatic N) is 4. The van der Waals surface area contributed by atoms with Gasteiger partial charge in [0.2, 0.25) is 5.82 Å². The van der Waals surface area contributed by atoms with Crippen molar-refractivity contribution in [1.82, 2.24) is 25.2 Å². The fraction of sp³-hybridized carbons (Fsp3) is 0.565. The van der Waals surface area contributed by atoms with Crippen LogP contribution in [-0.2, 0) is 0 Å². The van der Waals surface area contributed by atoms with E-state index in [0.717, 1.165) is 53.8 Å². The molecule has 1 unspecified atom stereocenters. The van der Waals surface area contributed by atoms with E-state index >= 15 is 0 Å². The van der Waals surface area contributed by atoms with Crippen LogP contribution in [-0.4, -0.2) is 38.3 Å². The Kier molecular flexibility index (Phi) is 5.15. The van der Waals surface area contributed by atoms with E-state index in [1.54, 1.807) is 0 Å². The van der Waals surface area contributed by atoms with E-state index in [0.29, 0.717) is 12.0 Å². The van der Waals surface area contributed by atoms with Gasteiger partial charge < -0.3 is 9.88 Å². The average Bonchev–Trinajstić information content (AvgIpc) is 3.41. The number of quaternary nitrogens is 1. The number of para-hydroxylation sites is 1. The summed E-state index contributed by atoms with van der Waals surface area (Å²) in [4.78, 5) is 17.9. The first-order valence-electron chi connectivity index (χ1n) is 11.4. The summed E-state index contributed by atoms with van der Waals surface area (Å²) in [5, 5.41) is 14.0. The maximum absolute atomic E-state index is 13.3. The highest BCUT2D eigenvalue weighted by Gasteiger charge is 2.38. The summed E-state index contributed by atoms with van der Waals surface area (Å²) in [5.41, 5.74) is 2.77. The summed E-state index contributed by atoms with van der Waals surface area (Å²) in [6, 6.07) is 8.44. The third-order valence-electron chi connectivity index (χ3n) is 7.09. The summed E-state index contributed by atoms with van der Waals surface area (Å²) < 4.78 is 2.03. The number of benzene rings is 1. The standard InChI is InChI=1S/C23H30N6O/c1-15-7-6-12-28(14-15)21(22-25-26-27-29(22)18-10-3-4-11-18)19-13-17-9-5-8-16(2)20(17)24-23(19)30/h5,8-9,13,15,18,21H,3-4,6-7,10-12,14H2,1-2H3,(H,24,30)/p+1/t15-,21-/m0/s1. The number of hydrogen-bond donors (Lipinski definition) is 2. The second kappa shape index (κ2) is 7.95. The fourth-order valence-electron chi connectivity index (χ4n) is 5.55. The molecule has 1 aliphatic heterocycles. The minimum absolute atomic E-state index is 0.0199. The molecule has 2 aromatic heterocycles. The highest BCUT2D eigenvalue weighted by Crippen LogP contribution is 2.31. The first-order chi connectivity index (χ1) is 14.6. The zero-order valence-corrected chi connectivity index (χ0v) is 17.9. The Bertz CT molecular complexity index is 1100. The number of pyridine rings is 1. The van der Waals surface area contributed by atoms with Crippen molar-refractivity contribution in [2.24, 2.45) is 5.92 Å². The van der Waals surface area contributed by atoms with E-state index in [1.165, 1.54) is 30.6 Å². The van der Waals surface area contributed by atoms with Crippen LogP contribution in [0.3, 0.4) is 0 Å². The van der Waals surface area contributed by atoms with Gasteiger partial charge in [-0.15, -0.1) is 5.10 Å². The zero-order chi connectivity index (χ0) is 20.7. The van der Waals surface area contributed by atoms with Crippen LogP contribution < -0.4 is 10.5 Å². The fourth-order valence-corrected chi connectivity index (χ4v) is 5.55. The van der Waals surface area contributed by atoms with Gasteiger partial charge in [0.25, 0.3) is 5.56 Å². The molecule has 1 aromatic carbocycles. The molecular formula is C23H31N6O+. The molecular weight excluding hydrogens is 376 g/mol. The highest BCUT2D eigenvalue weighted by molar-refractivity contribution is 5.82. The molecule has 7 nitrogen and oxygen atoms in total. The van der Waals surface area contributed by atoms with Crippen LogP contribution in [0.2, 0.25) is 0 Å². The molecule has 2 aliphatic rings. The molecule has 0 spiro atoms. The Hall–Kier alpha value is -2.54. The molecule has 1 saturated carbocycles. The Labute approximate surface area is 176 Å². The molecule has 1 saturated heterocycles. The average molecular weight is 408 g/mol. The van der Waals surface area contributed by atoms with Crippen LogP contribution in [0.5, 0.6) is 0 Å². The lowest BCUT2D eigenvalue weighted by atomic mass is 9.95. The lowest BCUT2D eigenvalue weighted by Gasteiger charge is -2.33. The molecule has 0 radical (unpaired) electrons. The van der Waals surface area contributed by atoms with Gasteiger partial charge in [-0.2, -0.15) is 0 Å². The predicted octanol–water partition coefficient (Wildman–Crippen LogP) is 2.34. The summed E-state index contributed by atoms with van der Waals surface area (Å²) in [5.74, 6) is 1.48. The molecule has 5 rings (SSSR count). The summed E-state index contributed by atoms with van der Waals surface area (Å²) in [6.07, 6.45) is 7.09. The number of likely N-dealkylation sites (tertiary alicyclic amines) is 1. The Balaban J connectivity index is 1.66. The lowest BCUT2D eigenvalue weighted by molar-refractivity contribution is -0.934. The number of rotatable bonds is 4. The maximum Gasteiger partial charge on any atom is 0.258 e. The number of H-pyrrole nitrogens is 1.